The minimum atomic E-state index is -0.746. The molecule has 0 aliphatic carbocycles. The van der Waals surface area contributed by atoms with Crippen LogP contribution in [0.3, 0.4) is 0 Å². The Hall–Kier alpha value is -2.84. The lowest BCUT2D eigenvalue weighted by atomic mass is 10.1. The molecule has 0 fully saturated rings. The Bertz CT molecular complexity index is 624. The summed E-state index contributed by atoms with van der Waals surface area (Å²) in [6.45, 7) is 4.78. The molecule has 28 heavy (non-hydrogen) atoms. The molecular weight excluding hydrogens is 372 g/mol. The van der Waals surface area contributed by atoms with Gasteiger partial charge in [0.15, 0.2) is 0 Å². The van der Waals surface area contributed by atoms with Crippen molar-refractivity contribution in [3.63, 3.8) is 0 Å². The molecule has 0 rings (SSSR count). The zero-order valence-corrected chi connectivity index (χ0v) is 16.6. The Morgan fingerprint density at radius 3 is 1.07 bits per heavy atom. The second kappa shape index (κ2) is 13.3. The summed E-state index contributed by atoms with van der Waals surface area (Å²) >= 11 is 0. The molecule has 0 unspecified atom stereocenters. The Morgan fingerprint density at radius 2 is 0.821 bits per heavy atom. The van der Waals surface area contributed by atoms with E-state index in [2.05, 4.69) is 0 Å². The van der Waals surface area contributed by atoms with E-state index in [-0.39, 0.29) is 43.6 Å². The van der Waals surface area contributed by atoms with Gasteiger partial charge in [0.25, 0.3) is 0 Å². The molecule has 156 valence electrons. The van der Waals surface area contributed by atoms with Crippen molar-refractivity contribution in [2.45, 2.75) is 53.4 Å². The highest BCUT2D eigenvalue weighted by Crippen LogP contribution is 2.13. The number of ketones is 3. The number of Topliss-reactive ketones (excluding diaryl/α,β-unsaturated/α-hetero) is 3. The number of rotatable bonds is 13. The maximum Gasteiger partial charge on any atom is 0.313 e. The van der Waals surface area contributed by atoms with Crippen molar-refractivity contribution in [1.82, 2.24) is 0 Å². The van der Waals surface area contributed by atoms with E-state index in [1.54, 1.807) is 6.92 Å². The minimum Gasteiger partial charge on any atom is -0.461 e. The monoisotopic (exact) mass is 398 g/mol. The highest BCUT2D eigenvalue weighted by Gasteiger charge is 2.16. The van der Waals surface area contributed by atoms with Gasteiger partial charge in [0.2, 0.25) is 0 Å². The van der Waals surface area contributed by atoms with Crippen molar-refractivity contribution >= 4 is 35.3 Å². The van der Waals surface area contributed by atoms with Crippen molar-refractivity contribution in [2.75, 3.05) is 19.8 Å². The van der Waals surface area contributed by atoms with Crippen LogP contribution in [0.5, 0.6) is 0 Å². The molecule has 0 saturated carbocycles. The molecule has 0 amide bonds. The van der Waals surface area contributed by atoms with Crippen LogP contribution in [0.2, 0.25) is 0 Å². The fourth-order valence-corrected chi connectivity index (χ4v) is 1.97. The molecule has 0 aromatic carbocycles. The lowest BCUT2D eigenvalue weighted by Crippen LogP contribution is -2.19. The molecule has 9 nitrogen and oxygen atoms in total. The summed E-state index contributed by atoms with van der Waals surface area (Å²) in [5.41, 5.74) is 0.898. The largest absolute Gasteiger partial charge is 0.461 e. The number of esters is 3. The van der Waals surface area contributed by atoms with Crippen LogP contribution in [0.25, 0.3) is 0 Å². The third kappa shape index (κ3) is 12.5. The Balaban J connectivity index is 5.16. The number of ether oxygens (including phenoxy) is 3. The van der Waals surface area contributed by atoms with Crippen LogP contribution in [0, 0.1) is 0 Å². The molecule has 0 aliphatic rings. The van der Waals surface area contributed by atoms with Crippen LogP contribution >= 0.6 is 0 Å². The van der Waals surface area contributed by atoms with Crippen LogP contribution in [0.1, 0.15) is 53.4 Å². The van der Waals surface area contributed by atoms with E-state index in [0.717, 1.165) is 0 Å². The molecule has 9 heteroatoms. The predicted molar refractivity (Wildman–Crippen MR) is 96.1 cm³/mol. The van der Waals surface area contributed by atoms with E-state index in [0.29, 0.717) is 17.6 Å². The summed E-state index contributed by atoms with van der Waals surface area (Å²) in [5.74, 6) is -3.27. The van der Waals surface area contributed by atoms with Crippen LogP contribution in [0.15, 0.2) is 11.1 Å². The quantitative estimate of drug-likeness (QED) is 0.195. The van der Waals surface area contributed by atoms with Gasteiger partial charge in [-0.2, -0.15) is 0 Å². The summed E-state index contributed by atoms with van der Waals surface area (Å²) in [6, 6.07) is 0. The van der Waals surface area contributed by atoms with Gasteiger partial charge in [-0.15, -0.1) is 0 Å². The second-order valence-electron chi connectivity index (χ2n) is 6.18. The van der Waals surface area contributed by atoms with E-state index in [4.69, 9.17) is 14.2 Å². The van der Waals surface area contributed by atoms with E-state index in [1.165, 1.54) is 20.8 Å². The fraction of sp³-hybridized carbons (Fsp3) is 0.579. The summed E-state index contributed by atoms with van der Waals surface area (Å²) in [5, 5.41) is 0. The van der Waals surface area contributed by atoms with Gasteiger partial charge >= 0.3 is 17.9 Å². The number of carbonyl (C=O) groups is 6. The zero-order valence-electron chi connectivity index (χ0n) is 16.6. The summed E-state index contributed by atoms with van der Waals surface area (Å²) < 4.78 is 15.0. The van der Waals surface area contributed by atoms with Gasteiger partial charge in [0.1, 0.15) is 56.4 Å². The van der Waals surface area contributed by atoms with Crippen molar-refractivity contribution < 1.29 is 43.0 Å². The lowest BCUT2D eigenvalue weighted by molar-refractivity contribution is -0.148. The van der Waals surface area contributed by atoms with E-state index < -0.39 is 30.7 Å². The van der Waals surface area contributed by atoms with Crippen LogP contribution in [-0.4, -0.2) is 55.1 Å². The van der Waals surface area contributed by atoms with E-state index in [9.17, 15) is 28.8 Å². The summed E-state index contributed by atoms with van der Waals surface area (Å²) in [6.07, 6.45) is -0.774. The van der Waals surface area contributed by atoms with Crippen LogP contribution in [-0.2, 0) is 43.0 Å². The first-order valence-corrected chi connectivity index (χ1v) is 8.70. The van der Waals surface area contributed by atoms with Crippen molar-refractivity contribution in [1.29, 1.82) is 0 Å². The first-order chi connectivity index (χ1) is 13.0. The molecule has 0 radical (unpaired) electrons. The predicted octanol–water partition coefficient (Wildman–Crippen LogP) is 1.26. The molecule has 0 atom stereocenters. The van der Waals surface area contributed by atoms with Gasteiger partial charge in [-0.1, -0.05) is 6.92 Å². The van der Waals surface area contributed by atoms with Crippen LogP contribution in [0.4, 0.5) is 0 Å². The molecule has 0 spiro atoms. The van der Waals surface area contributed by atoms with Gasteiger partial charge in [-0.05, 0) is 32.8 Å². The minimum absolute atomic E-state index is 0.174. The zero-order chi connectivity index (χ0) is 21.7. The second-order valence-corrected chi connectivity index (χ2v) is 6.18. The number of hydrogen-bond donors (Lipinski definition) is 0. The molecule has 0 aliphatic heterocycles. The van der Waals surface area contributed by atoms with Gasteiger partial charge in [-0.3, -0.25) is 28.8 Å². The van der Waals surface area contributed by atoms with Crippen molar-refractivity contribution in [3.05, 3.63) is 11.1 Å². The molecule has 0 N–H and O–H groups in total. The van der Waals surface area contributed by atoms with E-state index in [1.807, 2.05) is 0 Å². The summed E-state index contributed by atoms with van der Waals surface area (Å²) in [4.78, 5) is 67.7. The van der Waals surface area contributed by atoms with Gasteiger partial charge in [0.05, 0.1) is 0 Å². The molecule has 0 aromatic rings. The average molecular weight is 398 g/mol. The third-order valence-electron chi connectivity index (χ3n) is 3.33. The maximum absolute atomic E-state index is 11.6. The molecule has 0 bridgehead atoms. The molecule has 0 aromatic heterocycles. The normalized spacial score (nSPS) is 9.86. The van der Waals surface area contributed by atoms with Crippen molar-refractivity contribution in [3.8, 4) is 0 Å². The molecular formula is C19H26O9. The maximum atomic E-state index is 11.6. The van der Waals surface area contributed by atoms with Crippen molar-refractivity contribution in [2.24, 2.45) is 0 Å². The average Bonchev–Trinajstić information content (AvgIpc) is 2.54. The first-order valence-electron chi connectivity index (χ1n) is 8.70. The highest BCUT2D eigenvalue weighted by atomic mass is 16.5. The highest BCUT2D eigenvalue weighted by molar-refractivity contribution is 5.95. The number of carbonyl (C=O) groups excluding carboxylic acids is 6. The lowest BCUT2D eigenvalue weighted by Gasteiger charge is -2.15. The standard InChI is InChI=1S/C19H26O9/c1-5-15(9-26-17(23)6-12(2)20)16(10-27-18(24)7-13(3)21)11-28-19(25)8-14(4)22/h5-11H2,1-4H3. The number of hydrogen-bond acceptors (Lipinski definition) is 9. The van der Waals surface area contributed by atoms with Gasteiger partial charge in [-0.25, -0.2) is 0 Å². The SMILES string of the molecule is CCC(COC(=O)CC(C)=O)=C(COC(=O)CC(C)=O)COC(=O)CC(C)=O. The van der Waals surface area contributed by atoms with E-state index >= 15 is 0 Å². The fourth-order valence-electron chi connectivity index (χ4n) is 1.97. The Kier molecular flexibility index (Phi) is 12.0. The Labute approximate surface area is 163 Å². The van der Waals surface area contributed by atoms with Gasteiger partial charge in [0, 0.05) is 5.57 Å². The van der Waals surface area contributed by atoms with Crippen LogP contribution < -0.4 is 0 Å². The third-order valence-corrected chi connectivity index (χ3v) is 3.33. The molecule has 0 saturated heterocycles. The smallest absolute Gasteiger partial charge is 0.313 e. The topological polar surface area (TPSA) is 130 Å². The van der Waals surface area contributed by atoms with Gasteiger partial charge < -0.3 is 14.2 Å². The first kappa shape index (κ1) is 25.2. The Morgan fingerprint density at radius 1 is 0.536 bits per heavy atom. The molecule has 0 heterocycles. The summed E-state index contributed by atoms with van der Waals surface area (Å²) in [7, 11) is 0.